The number of benzene rings is 1. The van der Waals surface area contributed by atoms with Crippen molar-refractivity contribution in [3.63, 3.8) is 0 Å². The van der Waals surface area contributed by atoms with E-state index in [4.69, 9.17) is 11.6 Å². The summed E-state index contributed by atoms with van der Waals surface area (Å²) < 4.78 is 1.83. The van der Waals surface area contributed by atoms with E-state index < -0.39 is 0 Å². The lowest BCUT2D eigenvalue weighted by atomic mass is 10.2. The smallest absolute Gasteiger partial charge is 0.257 e. The minimum absolute atomic E-state index is 0.207. The van der Waals surface area contributed by atoms with Gasteiger partial charge in [-0.2, -0.15) is 5.10 Å². The van der Waals surface area contributed by atoms with Gasteiger partial charge in [-0.05, 0) is 32.0 Å². The number of amides is 1. The van der Waals surface area contributed by atoms with Gasteiger partial charge < -0.3 is 10.2 Å². The number of aromatic nitrogens is 3. The zero-order valence-electron chi connectivity index (χ0n) is 14.6. The second-order valence-corrected chi connectivity index (χ2v) is 6.71. The quantitative estimate of drug-likeness (QED) is 0.767. The molecule has 0 saturated heterocycles. The third-order valence-corrected chi connectivity index (χ3v) is 4.17. The van der Waals surface area contributed by atoms with Crippen LogP contribution in [0.2, 0.25) is 5.02 Å². The van der Waals surface area contributed by atoms with Crippen LogP contribution in [0.5, 0.6) is 0 Å². The van der Waals surface area contributed by atoms with E-state index >= 15 is 0 Å². The van der Waals surface area contributed by atoms with E-state index in [0.29, 0.717) is 16.3 Å². The van der Waals surface area contributed by atoms with E-state index in [-0.39, 0.29) is 11.9 Å². The lowest BCUT2D eigenvalue weighted by Gasteiger charge is -2.19. The Labute approximate surface area is 151 Å². The summed E-state index contributed by atoms with van der Waals surface area (Å²) in [5.74, 6) is -0.239. The number of pyridine rings is 1. The monoisotopic (exact) mass is 357 g/mol. The average molecular weight is 358 g/mol. The Morgan fingerprint density at radius 3 is 2.72 bits per heavy atom. The van der Waals surface area contributed by atoms with Crippen LogP contribution in [-0.2, 0) is 0 Å². The molecule has 1 N–H and O–H groups in total. The van der Waals surface area contributed by atoms with Crippen LogP contribution in [0.4, 0.5) is 11.4 Å². The molecule has 2 heterocycles. The summed E-state index contributed by atoms with van der Waals surface area (Å²) in [7, 11) is 3.76. The maximum absolute atomic E-state index is 12.6. The predicted octanol–water partition coefficient (Wildman–Crippen LogP) is 3.98. The summed E-state index contributed by atoms with van der Waals surface area (Å²) in [6.07, 6.45) is 3.29. The van der Waals surface area contributed by atoms with Crippen LogP contribution in [0.25, 0.3) is 11.0 Å². The number of carbonyl (C=O) groups is 1. The number of anilines is 2. The van der Waals surface area contributed by atoms with Crippen LogP contribution in [0, 0.1) is 0 Å². The highest BCUT2D eigenvalue weighted by molar-refractivity contribution is 6.34. The Bertz CT molecular complexity index is 932. The molecule has 6 nitrogen and oxygen atoms in total. The van der Waals surface area contributed by atoms with Crippen LogP contribution in [0.15, 0.2) is 36.7 Å². The molecule has 3 rings (SSSR count). The SMILES string of the molecule is CC(C)n1ncc2cc(C(=O)Nc3cccc(Cl)c3N(C)C)cnc21. The number of nitrogens with zero attached hydrogens (tertiary/aromatic N) is 4. The lowest BCUT2D eigenvalue weighted by Crippen LogP contribution is -2.17. The summed E-state index contributed by atoms with van der Waals surface area (Å²) in [4.78, 5) is 18.9. The molecular formula is C18H20ClN5O. The molecule has 130 valence electrons. The van der Waals surface area contributed by atoms with Crippen LogP contribution >= 0.6 is 11.6 Å². The first-order chi connectivity index (χ1) is 11.9. The normalized spacial score (nSPS) is 11.1. The van der Waals surface area contributed by atoms with Crippen LogP contribution in [0.3, 0.4) is 0 Å². The zero-order valence-corrected chi connectivity index (χ0v) is 15.4. The van der Waals surface area contributed by atoms with Gasteiger partial charge >= 0.3 is 0 Å². The van der Waals surface area contributed by atoms with Gasteiger partial charge in [-0.3, -0.25) is 4.79 Å². The lowest BCUT2D eigenvalue weighted by molar-refractivity contribution is 0.102. The number of nitrogens with one attached hydrogen (secondary N) is 1. The number of hydrogen-bond acceptors (Lipinski definition) is 4. The Hall–Kier alpha value is -2.60. The first kappa shape index (κ1) is 17.2. The van der Waals surface area contributed by atoms with Crippen molar-refractivity contribution < 1.29 is 4.79 Å². The highest BCUT2D eigenvalue weighted by atomic mass is 35.5. The highest BCUT2D eigenvalue weighted by Crippen LogP contribution is 2.32. The molecule has 7 heteroatoms. The summed E-state index contributed by atoms with van der Waals surface area (Å²) in [5.41, 5.74) is 2.66. The first-order valence-electron chi connectivity index (χ1n) is 7.99. The van der Waals surface area contributed by atoms with Gasteiger partial charge in [0.05, 0.1) is 28.2 Å². The standard InChI is InChI=1S/C18H20ClN5O/c1-11(2)24-17-12(10-21-24)8-13(9-20-17)18(25)22-15-7-5-6-14(19)16(15)23(3)4/h5-11H,1-4H3,(H,22,25). The van der Waals surface area contributed by atoms with Crippen LogP contribution in [0.1, 0.15) is 30.2 Å². The average Bonchev–Trinajstić information content (AvgIpc) is 2.97. The van der Waals surface area contributed by atoms with Crippen molar-refractivity contribution in [1.82, 2.24) is 14.8 Å². The number of hydrogen-bond donors (Lipinski definition) is 1. The highest BCUT2D eigenvalue weighted by Gasteiger charge is 2.15. The molecule has 0 unspecified atom stereocenters. The van der Waals surface area contributed by atoms with Gasteiger partial charge in [0.25, 0.3) is 5.91 Å². The summed E-state index contributed by atoms with van der Waals surface area (Å²) >= 11 is 6.25. The molecule has 0 aliphatic carbocycles. The van der Waals surface area contributed by atoms with Crippen molar-refractivity contribution >= 4 is 39.9 Å². The fraction of sp³-hybridized carbons (Fsp3) is 0.278. The molecule has 0 bridgehead atoms. The number of rotatable bonds is 4. The number of para-hydroxylation sites is 1. The van der Waals surface area contributed by atoms with E-state index in [0.717, 1.165) is 16.7 Å². The number of fused-ring (bicyclic) bond motifs is 1. The molecule has 1 aromatic carbocycles. The van der Waals surface area contributed by atoms with Gasteiger partial charge in [0.2, 0.25) is 0 Å². The molecule has 0 atom stereocenters. The fourth-order valence-electron chi connectivity index (χ4n) is 2.71. The maximum Gasteiger partial charge on any atom is 0.257 e. The maximum atomic E-state index is 12.6. The van der Waals surface area contributed by atoms with Gasteiger partial charge in [0.1, 0.15) is 0 Å². The topological polar surface area (TPSA) is 63.1 Å². The molecule has 0 aliphatic rings. The predicted molar refractivity (Wildman–Crippen MR) is 102 cm³/mol. The second-order valence-electron chi connectivity index (χ2n) is 6.30. The third-order valence-electron chi connectivity index (χ3n) is 3.87. The Kier molecular flexibility index (Phi) is 4.63. The van der Waals surface area contributed by atoms with Crippen molar-refractivity contribution in [2.24, 2.45) is 0 Å². The summed E-state index contributed by atoms with van der Waals surface area (Å²) in [6, 6.07) is 7.42. The molecule has 0 spiro atoms. The van der Waals surface area contributed by atoms with Crippen molar-refractivity contribution in [1.29, 1.82) is 0 Å². The Balaban J connectivity index is 1.92. The van der Waals surface area contributed by atoms with E-state index in [2.05, 4.69) is 15.4 Å². The van der Waals surface area contributed by atoms with Crippen molar-refractivity contribution in [3.8, 4) is 0 Å². The minimum atomic E-state index is -0.239. The van der Waals surface area contributed by atoms with E-state index in [1.807, 2.05) is 43.6 Å². The minimum Gasteiger partial charge on any atom is -0.375 e. The Morgan fingerprint density at radius 2 is 2.04 bits per heavy atom. The molecule has 0 fully saturated rings. The van der Waals surface area contributed by atoms with Crippen molar-refractivity contribution in [2.75, 3.05) is 24.3 Å². The Morgan fingerprint density at radius 1 is 1.28 bits per heavy atom. The number of carbonyl (C=O) groups excluding carboxylic acids is 1. The van der Waals surface area contributed by atoms with E-state index in [1.54, 1.807) is 30.6 Å². The van der Waals surface area contributed by atoms with Gasteiger partial charge in [-0.25, -0.2) is 9.67 Å². The number of halogens is 1. The second kappa shape index (κ2) is 6.72. The first-order valence-corrected chi connectivity index (χ1v) is 8.36. The molecular weight excluding hydrogens is 338 g/mol. The molecule has 2 aromatic heterocycles. The molecule has 25 heavy (non-hydrogen) atoms. The van der Waals surface area contributed by atoms with Gasteiger partial charge in [-0.15, -0.1) is 0 Å². The molecule has 3 aromatic rings. The molecule has 0 saturated carbocycles. The fourth-order valence-corrected chi connectivity index (χ4v) is 3.05. The summed E-state index contributed by atoms with van der Waals surface area (Å²) in [6.45, 7) is 4.08. The van der Waals surface area contributed by atoms with Crippen LogP contribution in [-0.4, -0.2) is 34.8 Å². The van der Waals surface area contributed by atoms with Crippen molar-refractivity contribution in [2.45, 2.75) is 19.9 Å². The largest absolute Gasteiger partial charge is 0.375 e. The van der Waals surface area contributed by atoms with E-state index in [1.165, 1.54) is 0 Å². The molecule has 0 aliphatic heterocycles. The van der Waals surface area contributed by atoms with E-state index in [9.17, 15) is 4.79 Å². The third kappa shape index (κ3) is 3.30. The van der Waals surface area contributed by atoms with Crippen LogP contribution < -0.4 is 10.2 Å². The van der Waals surface area contributed by atoms with Crippen molar-refractivity contribution in [3.05, 3.63) is 47.2 Å². The van der Waals surface area contributed by atoms with Gasteiger partial charge in [-0.1, -0.05) is 17.7 Å². The molecule has 0 radical (unpaired) electrons. The zero-order chi connectivity index (χ0) is 18.1. The van der Waals surface area contributed by atoms with Gasteiger partial charge in [0.15, 0.2) is 5.65 Å². The van der Waals surface area contributed by atoms with Gasteiger partial charge in [0, 0.05) is 31.7 Å². The summed E-state index contributed by atoms with van der Waals surface area (Å²) in [5, 5.41) is 8.65. The molecule has 1 amide bonds.